The highest BCUT2D eigenvalue weighted by molar-refractivity contribution is 6.36. The molecule has 0 aliphatic heterocycles. The van der Waals surface area contributed by atoms with Gasteiger partial charge in [0.15, 0.2) is 5.54 Å². The van der Waals surface area contributed by atoms with Gasteiger partial charge < -0.3 is 14.8 Å². The lowest BCUT2D eigenvalue weighted by Crippen LogP contribution is -2.53. The van der Waals surface area contributed by atoms with E-state index in [2.05, 4.69) is 5.32 Å². The van der Waals surface area contributed by atoms with Crippen LogP contribution in [0.5, 0.6) is 5.75 Å². The monoisotopic (exact) mass is 411 g/mol. The van der Waals surface area contributed by atoms with Crippen molar-refractivity contribution in [3.05, 3.63) is 52.6 Å². The van der Waals surface area contributed by atoms with Gasteiger partial charge in [-0.1, -0.05) is 38.1 Å². The molecule has 1 amide bonds. The summed E-state index contributed by atoms with van der Waals surface area (Å²) >= 11 is 0. The second-order valence-corrected chi connectivity index (χ2v) is 7.60. The second-order valence-electron chi connectivity index (χ2n) is 7.60. The number of hydrogen-bond acceptors (Lipinski definition) is 6. The fourth-order valence-electron chi connectivity index (χ4n) is 3.83. The number of amides is 1. The van der Waals surface area contributed by atoms with E-state index in [0.29, 0.717) is 12.8 Å². The standard InChI is InChI=1S/C23H25NO6/c1-5-29-22(28)30-19-12-15(13(2)3)10-11-18(19)23(24-14(4)25)20(26)16-8-6-7-9-17(16)21(23)27/h8-13H,5-7H2,1-4H3,(H,24,25). The summed E-state index contributed by atoms with van der Waals surface area (Å²) in [6, 6.07) is 4.92. The number of allylic oxidation sites excluding steroid dienone is 2. The van der Waals surface area contributed by atoms with Crippen molar-refractivity contribution in [2.45, 2.75) is 52.0 Å². The van der Waals surface area contributed by atoms with E-state index in [-0.39, 0.29) is 35.0 Å². The van der Waals surface area contributed by atoms with E-state index in [4.69, 9.17) is 9.47 Å². The molecule has 2 aliphatic rings. The smallest absolute Gasteiger partial charge is 0.434 e. The molecule has 2 aliphatic carbocycles. The number of rotatable bonds is 5. The van der Waals surface area contributed by atoms with E-state index in [0.717, 1.165) is 5.56 Å². The number of fused-ring (bicyclic) bond motifs is 1. The van der Waals surface area contributed by atoms with Crippen LogP contribution in [-0.2, 0) is 24.7 Å². The van der Waals surface area contributed by atoms with Gasteiger partial charge >= 0.3 is 6.16 Å². The summed E-state index contributed by atoms with van der Waals surface area (Å²) < 4.78 is 10.3. The zero-order chi connectivity index (χ0) is 22.1. The molecule has 3 rings (SSSR count). The topological polar surface area (TPSA) is 98.8 Å². The normalized spacial score (nSPS) is 17.2. The molecule has 7 heteroatoms. The zero-order valence-electron chi connectivity index (χ0n) is 17.5. The highest BCUT2D eigenvalue weighted by Crippen LogP contribution is 2.45. The molecule has 1 saturated carbocycles. The number of ketones is 2. The Morgan fingerprint density at radius 3 is 2.20 bits per heavy atom. The molecule has 30 heavy (non-hydrogen) atoms. The van der Waals surface area contributed by atoms with Gasteiger partial charge in [0.25, 0.3) is 0 Å². The predicted octanol–water partition coefficient (Wildman–Crippen LogP) is 3.48. The highest BCUT2D eigenvalue weighted by atomic mass is 16.7. The van der Waals surface area contributed by atoms with Crippen molar-refractivity contribution in [2.75, 3.05) is 6.61 Å². The Labute approximate surface area is 175 Å². The Morgan fingerprint density at radius 2 is 1.70 bits per heavy atom. The molecule has 0 atom stereocenters. The van der Waals surface area contributed by atoms with Crippen molar-refractivity contribution >= 4 is 23.6 Å². The van der Waals surface area contributed by atoms with Crippen LogP contribution in [0.15, 0.2) is 41.5 Å². The van der Waals surface area contributed by atoms with Gasteiger partial charge in [0.1, 0.15) is 5.75 Å². The number of hydrogen-bond donors (Lipinski definition) is 1. The predicted molar refractivity (Wildman–Crippen MR) is 109 cm³/mol. The van der Waals surface area contributed by atoms with Crippen molar-refractivity contribution in [3.8, 4) is 5.75 Å². The van der Waals surface area contributed by atoms with Gasteiger partial charge in [0.05, 0.1) is 6.61 Å². The molecule has 1 N–H and O–H groups in total. The molecule has 0 heterocycles. The molecule has 158 valence electrons. The Morgan fingerprint density at radius 1 is 1.10 bits per heavy atom. The average molecular weight is 411 g/mol. The third-order valence-corrected chi connectivity index (χ3v) is 5.22. The van der Waals surface area contributed by atoms with Crippen LogP contribution in [0.1, 0.15) is 57.6 Å². The third kappa shape index (κ3) is 3.56. The number of ether oxygens (including phenoxy) is 2. The van der Waals surface area contributed by atoms with Crippen LogP contribution < -0.4 is 10.1 Å². The SMILES string of the molecule is CCOC(=O)Oc1cc(C(C)C)ccc1C1(NC(C)=O)C(=O)C2=CCCC=C2C1=O. The minimum atomic E-state index is -1.98. The molecule has 7 nitrogen and oxygen atoms in total. The first-order valence-electron chi connectivity index (χ1n) is 10.00. The summed E-state index contributed by atoms with van der Waals surface area (Å²) in [5.74, 6) is -1.50. The molecule has 0 unspecified atom stereocenters. The maximum absolute atomic E-state index is 13.5. The van der Waals surface area contributed by atoms with Gasteiger partial charge in [-0.3, -0.25) is 14.4 Å². The lowest BCUT2D eigenvalue weighted by atomic mass is 9.83. The van der Waals surface area contributed by atoms with Gasteiger partial charge in [-0.15, -0.1) is 0 Å². The number of Topliss-reactive ketones (excluding diaryl/α,β-unsaturated/α-hetero) is 2. The lowest BCUT2D eigenvalue weighted by Gasteiger charge is -2.28. The highest BCUT2D eigenvalue weighted by Gasteiger charge is 2.58. The van der Waals surface area contributed by atoms with Crippen molar-refractivity contribution in [1.82, 2.24) is 5.32 Å². The van der Waals surface area contributed by atoms with Gasteiger partial charge in [0.2, 0.25) is 17.5 Å². The lowest BCUT2D eigenvalue weighted by molar-refractivity contribution is -0.135. The molecule has 0 spiro atoms. The molecule has 1 aromatic carbocycles. The summed E-state index contributed by atoms with van der Waals surface area (Å²) in [5, 5.41) is 2.57. The largest absolute Gasteiger partial charge is 0.513 e. The first kappa shape index (κ1) is 21.5. The molecule has 1 aromatic rings. The van der Waals surface area contributed by atoms with E-state index < -0.39 is 29.2 Å². The molecule has 0 bridgehead atoms. The Hall–Kier alpha value is -3.22. The van der Waals surface area contributed by atoms with Crippen LogP contribution >= 0.6 is 0 Å². The van der Waals surface area contributed by atoms with Gasteiger partial charge in [-0.2, -0.15) is 0 Å². The maximum Gasteiger partial charge on any atom is 0.513 e. The Bertz CT molecular complexity index is 953. The Kier molecular flexibility index (Phi) is 5.92. The Balaban J connectivity index is 2.24. The summed E-state index contributed by atoms with van der Waals surface area (Å²) in [5.41, 5.74) is -0.457. The van der Waals surface area contributed by atoms with E-state index in [1.54, 1.807) is 37.3 Å². The van der Waals surface area contributed by atoms with Crippen LogP contribution in [0.2, 0.25) is 0 Å². The first-order valence-corrected chi connectivity index (χ1v) is 10.00. The number of nitrogens with one attached hydrogen (secondary N) is 1. The zero-order valence-corrected chi connectivity index (χ0v) is 17.5. The van der Waals surface area contributed by atoms with Gasteiger partial charge in [-0.05, 0) is 37.3 Å². The first-order chi connectivity index (χ1) is 14.2. The summed E-state index contributed by atoms with van der Waals surface area (Å²) in [4.78, 5) is 51.1. The number of benzene rings is 1. The van der Waals surface area contributed by atoms with E-state index >= 15 is 0 Å². The fraction of sp³-hybridized carbons (Fsp3) is 0.391. The van der Waals surface area contributed by atoms with E-state index in [9.17, 15) is 19.2 Å². The molecular formula is C23H25NO6. The number of carbonyl (C=O) groups excluding carboxylic acids is 4. The fourth-order valence-corrected chi connectivity index (χ4v) is 3.83. The van der Waals surface area contributed by atoms with Gasteiger partial charge in [-0.25, -0.2) is 4.79 Å². The van der Waals surface area contributed by atoms with Crippen LogP contribution in [0.3, 0.4) is 0 Å². The van der Waals surface area contributed by atoms with Crippen LogP contribution in [-0.4, -0.2) is 30.2 Å². The van der Waals surface area contributed by atoms with Crippen molar-refractivity contribution < 1.29 is 28.7 Å². The van der Waals surface area contributed by atoms with E-state index in [1.165, 1.54) is 6.92 Å². The second kappa shape index (κ2) is 8.26. The van der Waals surface area contributed by atoms with Crippen molar-refractivity contribution in [1.29, 1.82) is 0 Å². The van der Waals surface area contributed by atoms with Crippen LogP contribution in [0.25, 0.3) is 0 Å². The molecule has 1 fully saturated rings. The minimum absolute atomic E-state index is 0.00921. The van der Waals surface area contributed by atoms with E-state index in [1.807, 2.05) is 13.8 Å². The van der Waals surface area contributed by atoms with Crippen LogP contribution in [0, 0.1) is 0 Å². The summed E-state index contributed by atoms with van der Waals surface area (Å²) in [6.07, 6.45) is 3.74. The van der Waals surface area contributed by atoms with Crippen molar-refractivity contribution in [2.24, 2.45) is 0 Å². The maximum atomic E-state index is 13.5. The van der Waals surface area contributed by atoms with Crippen LogP contribution in [0.4, 0.5) is 4.79 Å². The number of carbonyl (C=O) groups is 4. The third-order valence-electron chi connectivity index (χ3n) is 5.22. The quantitative estimate of drug-likeness (QED) is 0.452. The molecule has 0 aromatic heterocycles. The minimum Gasteiger partial charge on any atom is -0.434 e. The van der Waals surface area contributed by atoms with Gasteiger partial charge in [0, 0.05) is 23.6 Å². The molecule has 0 radical (unpaired) electrons. The molecule has 0 saturated heterocycles. The summed E-state index contributed by atoms with van der Waals surface area (Å²) in [7, 11) is 0. The average Bonchev–Trinajstić information content (AvgIpc) is 2.90. The van der Waals surface area contributed by atoms with Crippen molar-refractivity contribution in [3.63, 3.8) is 0 Å². The summed E-state index contributed by atoms with van der Waals surface area (Å²) in [6.45, 7) is 6.90. The molecular weight excluding hydrogens is 386 g/mol.